The van der Waals surface area contributed by atoms with Crippen molar-refractivity contribution in [2.45, 2.75) is 49.3 Å². The lowest BCUT2D eigenvalue weighted by Crippen LogP contribution is -2.00. The van der Waals surface area contributed by atoms with Gasteiger partial charge in [0.1, 0.15) is 11.5 Å². The minimum Gasteiger partial charge on any atom is -0.506 e. The third-order valence-electron chi connectivity index (χ3n) is 6.17. The standard InChI is InChI=1S/C30H30O3S/c1-21-9-13-23(14-10-21)17-19-25-5-3-7-27(29(25)31)34(33)28-8-4-6-26(30(28)32)20-18-24-15-11-22(2)12-16-24/h3-16,31-32H,17-20H2,1-2H3. The van der Waals surface area contributed by atoms with Crippen LogP contribution < -0.4 is 0 Å². The van der Waals surface area contributed by atoms with Gasteiger partial charge in [0, 0.05) is 0 Å². The first-order valence-corrected chi connectivity index (χ1v) is 12.7. The second kappa shape index (κ2) is 10.7. The summed E-state index contributed by atoms with van der Waals surface area (Å²) in [4.78, 5) is 0.653. The summed E-state index contributed by atoms with van der Waals surface area (Å²) in [6.07, 6.45) is 2.85. The SMILES string of the molecule is Cc1ccc(CCc2cccc(S(=O)c3cccc(CCc4ccc(C)cc4)c3O)c2O)cc1. The molecule has 4 aromatic rings. The molecule has 0 fully saturated rings. The van der Waals surface area contributed by atoms with Crippen molar-refractivity contribution in [2.24, 2.45) is 0 Å². The second-order valence-electron chi connectivity index (χ2n) is 8.77. The summed E-state index contributed by atoms with van der Waals surface area (Å²) in [6, 6.07) is 27.4. The van der Waals surface area contributed by atoms with Gasteiger partial charge in [-0.15, -0.1) is 0 Å². The average Bonchev–Trinajstić information content (AvgIpc) is 2.84. The van der Waals surface area contributed by atoms with E-state index < -0.39 is 10.8 Å². The first kappa shape index (κ1) is 23.8. The third kappa shape index (κ3) is 5.57. The van der Waals surface area contributed by atoms with E-state index in [1.807, 2.05) is 24.3 Å². The predicted molar refractivity (Wildman–Crippen MR) is 138 cm³/mol. The fraction of sp³-hybridized carbons (Fsp3) is 0.200. The van der Waals surface area contributed by atoms with Crippen LogP contribution in [0, 0.1) is 13.8 Å². The zero-order valence-corrected chi connectivity index (χ0v) is 20.4. The van der Waals surface area contributed by atoms with Crippen molar-refractivity contribution >= 4 is 10.8 Å². The van der Waals surface area contributed by atoms with Crippen LogP contribution in [-0.2, 0) is 36.5 Å². The maximum absolute atomic E-state index is 13.4. The van der Waals surface area contributed by atoms with Crippen LogP contribution in [0.15, 0.2) is 94.7 Å². The molecule has 34 heavy (non-hydrogen) atoms. The zero-order chi connectivity index (χ0) is 24.1. The molecule has 0 saturated heterocycles. The van der Waals surface area contributed by atoms with Crippen LogP contribution in [0.2, 0.25) is 0 Å². The number of rotatable bonds is 8. The van der Waals surface area contributed by atoms with Gasteiger partial charge in [0.25, 0.3) is 0 Å². The maximum Gasteiger partial charge on any atom is 0.135 e. The van der Waals surface area contributed by atoms with E-state index in [1.54, 1.807) is 12.1 Å². The summed E-state index contributed by atoms with van der Waals surface area (Å²) in [5, 5.41) is 21.8. The molecule has 3 nitrogen and oxygen atoms in total. The molecule has 0 aromatic heterocycles. The maximum atomic E-state index is 13.4. The van der Waals surface area contributed by atoms with Crippen LogP contribution in [0.1, 0.15) is 33.4 Å². The number of benzene rings is 4. The minimum absolute atomic E-state index is 0.0393. The molecule has 174 valence electrons. The summed E-state index contributed by atoms with van der Waals surface area (Å²) in [5.74, 6) is 0.0785. The molecule has 0 radical (unpaired) electrons. The van der Waals surface area contributed by atoms with Crippen molar-refractivity contribution in [1.29, 1.82) is 0 Å². The van der Waals surface area contributed by atoms with E-state index in [0.717, 1.165) is 24.0 Å². The van der Waals surface area contributed by atoms with Crippen LogP contribution in [0.25, 0.3) is 0 Å². The molecule has 0 atom stereocenters. The number of phenols is 2. The van der Waals surface area contributed by atoms with Gasteiger partial charge in [0.05, 0.1) is 20.6 Å². The Labute approximate surface area is 204 Å². The normalized spacial score (nSPS) is 11.1. The molecular formula is C30H30O3S. The van der Waals surface area contributed by atoms with Crippen molar-refractivity contribution < 1.29 is 14.4 Å². The smallest absolute Gasteiger partial charge is 0.135 e. The quantitative estimate of drug-likeness (QED) is 0.311. The highest BCUT2D eigenvalue weighted by atomic mass is 32.2. The molecule has 0 aliphatic heterocycles. The molecule has 4 heteroatoms. The molecule has 0 aliphatic carbocycles. The van der Waals surface area contributed by atoms with Crippen molar-refractivity contribution in [3.05, 3.63) is 118 Å². The molecule has 2 N–H and O–H groups in total. The van der Waals surface area contributed by atoms with E-state index in [9.17, 15) is 14.4 Å². The van der Waals surface area contributed by atoms with E-state index in [2.05, 4.69) is 62.4 Å². The van der Waals surface area contributed by atoms with Gasteiger partial charge in [0.15, 0.2) is 0 Å². The number of hydrogen-bond donors (Lipinski definition) is 2. The number of para-hydroxylation sites is 2. The Morgan fingerprint density at radius 3 is 1.32 bits per heavy atom. The Morgan fingerprint density at radius 2 is 0.941 bits per heavy atom. The highest BCUT2D eigenvalue weighted by Crippen LogP contribution is 2.34. The summed E-state index contributed by atoms with van der Waals surface area (Å²) >= 11 is 0. The predicted octanol–water partition coefficient (Wildman–Crippen LogP) is 6.45. The van der Waals surface area contributed by atoms with Gasteiger partial charge in [0.2, 0.25) is 0 Å². The van der Waals surface area contributed by atoms with E-state index in [0.29, 0.717) is 22.6 Å². The Balaban J connectivity index is 1.52. The topological polar surface area (TPSA) is 57.5 Å². The molecule has 4 rings (SSSR count). The molecule has 0 unspecified atom stereocenters. The van der Waals surface area contributed by atoms with Crippen LogP contribution in [-0.4, -0.2) is 14.4 Å². The summed E-state index contributed by atoms with van der Waals surface area (Å²) < 4.78 is 13.4. The lowest BCUT2D eigenvalue weighted by molar-refractivity contribution is 0.450. The summed E-state index contributed by atoms with van der Waals surface area (Å²) in [5.41, 5.74) is 6.31. The van der Waals surface area contributed by atoms with E-state index in [-0.39, 0.29) is 11.5 Å². The Morgan fingerprint density at radius 1 is 0.559 bits per heavy atom. The van der Waals surface area contributed by atoms with Gasteiger partial charge in [-0.3, -0.25) is 0 Å². The van der Waals surface area contributed by atoms with Crippen LogP contribution >= 0.6 is 0 Å². The number of aryl methyl sites for hydroxylation is 6. The first-order chi connectivity index (χ1) is 16.4. The number of phenolic OH excluding ortho intramolecular Hbond substituents is 2. The lowest BCUT2D eigenvalue weighted by atomic mass is 10.0. The van der Waals surface area contributed by atoms with Gasteiger partial charge < -0.3 is 10.2 Å². The zero-order valence-electron chi connectivity index (χ0n) is 19.6. The van der Waals surface area contributed by atoms with E-state index in [4.69, 9.17) is 0 Å². The van der Waals surface area contributed by atoms with Crippen molar-refractivity contribution in [3.63, 3.8) is 0 Å². The molecule has 0 spiro atoms. The highest BCUT2D eigenvalue weighted by molar-refractivity contribution is 7.85. The molecule has 0 saturated carbocycles. The average molecular weight is 471 g/mol. The molecule has 0 amide bonds. The van der Waals surface area contributed by atoms with Gasteiger partial charge >= 0.3 is 0 Å². The van der Waals surface area contributed by atoms with Crippen LogP contribution in [0.3, 0.4) is 0 Å². The Bertz CT molecular complexity index is 1190. The Hall–Kier alpha value is -3.37. The van der Waals surface area contributed by atoms with E-state index in [1.165, 1.54) is 22.3 Å². The monoisotopic (exact) mass is 470 g/mol. The van der Waals surface area contributed by atoms with Crippen molar-refractivity contribution in [3.8, 4) is 11.5 Å². The number of hydrogen-bond acceptors (Lipinski definition) is 3. The largest absolute Gasteiger partial charge is 0.506 e. The fourth-order valence-corrected chi connectivity index (χ4v) is 5.28. The third-order valence-corrected chi connectivity index (χ3v) is 7.63. The van der Waals surface area contributed by atoms with Crippen molar-refractivity contribution in [1.82, 2.24) is 0 Å². The lowest BCUT2D eigenvalue weighted by Gasteiger charge is -2.13. The molecule has 0 bridgehead atoms. The van der Waals surface area contributed by atoms with Crippen LogP contribution in [0.4, 0.5) is 0 Å². The van der Waals surface area contributed by atoms with E-state index >= 15 is 0 Å². The summed E-state index contributed by atoms with van der Waals surface area (Å²) in [7, 11) is -1.69. The minimum atomic E-state index is -1.69. The van der Waals surface area contributed by atoms with Crippen molar-refractivity contribution in [2.75, 3.05) is 0 Å². The fourth-order valence-electron chi connectivity index (χ4n) is 4.02. The van der Waals surface area contributed by atoms with Gasteiger partial charge in [-0.1, -0.05) is 83.9 Å². The van der Waals surface area contributed by atoms with Gasteiger partial charge in [-0.2, -0.15) is 0 Å². The van der Waals surface area contributed by atoms with Gasteiger partial charge in [-0.05, 0) is 73.9 Å². The molecule has 4 aromatic carbocycles. The molecule has 0 heterocycles. The molecule has 0 aliphatic rings. The first-order valence-electron chi connectivity index (χ1n) is 11.6. The second-order valence-corrected chi connectivity index (χ2v) is 10.2. The van der Waals surface area contributed by atoms with Gasteiger partial charge in [-0.25, -0.2) is 4.21 Å². The summed E-state index contributed by atoms with van der Waals surface area (Å²) in [6.45, 7) is 4.11. The number of aromatic hydroxyl groups is 2. The highest BCUT2D eigenvalue weighted by Gasteiger charge is 2.19. The molecular weight excluding hydrogens is 440 g/mol. The Kier molecular flexibility index (Phi) is 7.49. The van der Waals surface area contributed by atoms with Crippen LogP contribution in [0.5, 0.6) is 11.5 Å².